The molecule has 1 aromatic rings. The van der Waals surface area contributed by atoms with Crippen LogP contribution in [0.3, 0.4) is 0 Å². The lowest BCUT2D eigenvalue weighted by Gasteiger charge is -2.21. The van der Waals surface area contributed by atoms with Crippen molar-refractivity contribution in [2.45, 2.75) is 26.2 Å². The minimum atomic E-state index is -0.351. The molecule has 0 fully saturated rings. The summed E-state index contributed by atoms with van der Waals surface area (Å²) in [4.78, 5) is 11.6. The van der Waals surface area contributed by atoms with E-state index in [-0.39, 0.29) is 11.4 Å². The lowest BCUT2D eigenvalue weighted by Crippen LogP contribution is -2.17. The molecule has 0 saturated heterocycles. The highest BCUT2D eigenvalue weighted by atomic mass is 16.5. The van der Waals surface area contributed by atoms with E-state index in [4.69, 9.17) is 4.74 Å². The van der Waals surface area contributed by atoms with E-state index in [9.17, 15) is 4.79 Å². The maximum Gasteiger partial charge on any atom is 0.343 e. The Morgan fingerprint density at radius 3 is 2.00 bits per heavy atom. The Morgan fingerprint density at radius 2 is 1.60 bits per heavy atom. The quantitative estimate of drug-likeness (QED) is 0.595. The van der Waals surface area contributed by atoms with Crippen LogP contribution in [0.4, 0.5) is 0 Å². The molecule has 0 unspecified atom stereocenters. The number of carbonyl (C=O) groups excluding carboxylic acids is 1. The molecule has 0 aliphatic heterocycles. The first-order valence-electron chi connectivity index (χ1n) is 6.17. The Labute approximate surface area is 121 Å². The second kappa shape index (κ2) is 8.75. The first kappa shape index (κ1) is 17.7. The van der Waals surface area contributed by atoms with E-state index < -0.39 is 0 Å². The van der Waals surface area contributed by atoms with Gasteiger partial charge in [-0.2, -0.15) is 0 Å². The molecular weight excluding hydrogens is 252 g/mol. The zero-order valence-electron chi connectivity index (χ0n) is 12.4. The lowest BCUT2D eigenvalue weighted by molar-refractivity contribution is 0.0661. The molecule has 0 spiro atoms. The Hall–Kier alpha value is -2.29. The van der Waals surface area contributed by atoms with Crippen molar-refractivity contribution >= 4 is 5.97 Å². The van der Waals surface area contributed by atoms with E-state index in [2.05, 4.69) is 45.2 Å². The summed E-state index contributed by atoms with van der Waals surface area (Å²) in [5, 5.41) is 0. The SMILES string of the molecule is C=COC(=O)c1ccccc1C(C)(C)C.C=COC=C. The van der Waals surface area contributed by atoms with Crippen LogP contribution in [0.1, 0.15) is 36.7 Å². The number of esters is 1. The maximum absolute atomic E-state index is 11.6. The minimum Gasteiger partial charge on any atom is -0.474 e. The second-order valence-electron chi connectivity index (χ2n) is 4.84. The van der Waals surface area contributed by atoms with Crippen LogP contribution in [0.2, 0.25) is 0 Å². The van der Waals surface area contributed by atoms with Gasteiger partial charge in [0, 0.05) is 0 Å². The van der Waals surface area contributed by atoms with Gasteiger partial charge in [0.05, 0.1) is 24.3 Å². The van der Waals surface area contributed by atoms with Crippen molar-refractivity contribution < 1.29 is 14.3 Å². The number of benzene rings is 1. The predicted molar refractivity (Wildman–Crippen MR) is 82.2 cm³/mol. The first-order valence-corrected chi connectivity index (χ1v) is 6.17. The summed E-state index contributed by atoms with van der Waals surface area (Å²) in [7, 11) is 0. The van der Waals surface area contributed by atoms with Crippen molar-refractivity contribution in [3.05, 3.63) is 73.9 Å². The molecule has 0 N–H and O–H groups in total. The van der Waals surface area contributed by atoms with Crippen molar-refractivity contribution in [3.8, 4) is 0 Å². The second-order valence-corrected chi connectivity index (χ2v) is 4.84. The molecule has 20 heavy (non-hydrogen) atoms. The fourth-order valence-corrected chi connectivity index (χ4v) is 1.52. The molecule has 0 saturated carbocycles. The smallest absolute Gasteiger partial charge is 0.343 e. The average molecular weight is 274 g/mol. The van der Waals surface area contributed by atoms with Crippen LogP contribution < -0.4 is 0 Å². The number of hydrogen-bond acceptors (Lipinski definition) is 3. The number of rotatable bonds is 4. The summed E-state index contributed by atoms with van der Waals surface area (Å²) in [5.74, 6) is -0.351. The van der Waals surface area contributed by atoms with Gasteiger partial charge in [-0.15, -0.1) is 0 Å². The van der Waals surface area contributed by atoms with Crippen LogP contribution in [0, 0.1) is 0 Å². The summed E-state index contributed by atoms with van der Waals surface area (Å²) in [6.07, 6.45) is 3.78. The first-order chi connectivity index (χ1) is 9.38. The number of carbonyl (C=O) groups is 1. The molecule has 0 heterocycles. The molecule has 108 valence electrons. The molecule has 0 amide bonds. The third-order valence-corrected chi connectivity index (χ3v) is 2.34. The van der Waals surface area contributed by atoms with E-state index in [0.29, 0.717) is 5.56 Å². The van der Waals surface area contributed by atoms with Gasteiger partial charge in [-0.05, 0) is 17.0 Å². The van der Waals surface area contributed by atoms with E-state index in [1.165, 1.54) is 12.5 Å². The molecule has 0 aromatic heterocycles. The third kappa shape index (κ3) is 6.05. The zero-order chi connectivity index (χ0) is 15.6. The van der Waals surface area contributed by atoms with Crippen molar-refractivity contribution in [1.82, 2.24) is 0 Å². The molecule has 1 aromatic carbocycles. The lowest BCUT2D eigenvalue weighted by atomic mass is 9.84. The van der Waals surface area contributed by atoms with Crippen molar-refractivity contribution in [2.24, 2.45) is 0 Å². The van der Waals surface area contributed by atoms with Crippen LogP contribution in [0.15, 0.2) is 62.8 Å². The number of hydrogen-bond donors (Lipinski definition) is 0. The van der Waals surface area contributed by atoms with Gasteiger partial charge in [0.2, 0.25) is 0 Å². The molecular formula is C17H22O3. The van der Waals surface area contributed by atoms with Crippen LogP contribution >= 0.6 is 0 Å². The van der Waals surface area contributed by atoms with Crippen LogP contribution in [0.5, 0.6) is 0 Å². The summed E-state index contributed by atoms with van der Waals surface area (Å²) in [5.41, 5.74) is 1.51. The minimum absolute atomic E-state index is 0.0726. The standard InChI is InChI=1S/C13H16O2.C4H6O/c1-5-15-12(14)10-8-6-7-9-11(10)13(2,3)4;1-3-5-4-2/h5-9H,1H2,2-4H3;3-4H,1-2H2. The summed E-state index contributed by atoms with van der Waals surface area (Å²) < 4.78 is 9.15. The van der Waals surface area contributed by atoms with E-state index in [0.717, 1.165) is 11.8 Å². The fourth-order valence-electron chi connectivity index (χ4n) is 1.52. The van der Waals surface area contributed by atoms with Gasteiger partial charge in [-0.1, -0.05) is 58.7 Å². The summed E-state index contributed by atoms with van der Waals surface area (Å²) in [6, 6.07) is 7.46. The molecule has 3 nitrogen and oxygen atoms in total. The largest absolute Gasteiger partial charge is 0.474 e. The van der Waals surface area contributed by atoms with Crippen LogP contribution in [-0.2, 0) is 14.9 Å². The summed E-state index contributed by atoms with van der Waals surface area (Å²) in [6.45, 7) is 16.1. The highest BCUT2D eigenvalue weighted by Gasteiger charge is 2.21. The van der Waals surface area contributed by atoms with Crippen molar-refractivity contribution in [3.63, 3.8) is 0 Å². The fraction of sp³-hybridized carbons (Fsp3) is 0.235. The topological polar surface area (TPSA) is 35.5 Å². The molecule has 1 rings (SSSR count). The summed E-state index contributed by atoms with van der Waals surface area (Å²) >= 11 is 0. The molecule has 0 atom stereocenters. The van der Waals surface area contributed by atoms with Gasteiger partial charge in [-0.25, -0.2) is 4.79 Å². The van der Waals surface area contributed by atoms with Gasteiger partial charge >= 0.3 is 5.97 Å². The van der Waals surface area contributed by atoms with E-state index in [1.54, 1.807) is 6.07 Å². The molecule has 0 radical (unpaired) electrons. The van der Waals surface area contributed by atoms with Crippen LogP contribution in [-0.4, -0.2) is 5.97 Å². The Morgan fingerprint density at radius 1 is 1.05 bits per heavy atom. The van der Waals surface area contributed by atoms with E-state index in [1.807, 2.05) is 18.2 Å². The Bertz CT molecular complexity index is 461. The Balaban J connectivity index is 0.000000621. The molecule has 0 aliphatic carbocycles. The highest BCUT2D eigenvalue weighted by Crippen LogP contribution is 2.26. The van der Waals surface area contributed by atoms with Gasteiger partial charge in [0.15, 0.2) is 0 Å². The molecule has 3 heteroatoms. The monoisotopic (exact) mass is 274 g/mol. The Kier molecular flexibility index (Phi) is 7.75. The van der Waals surface area contributed by atoms with Crippen molar-refractivity contribution in [2.75, 3.05) is 0 Å². The number of ether oxygens (including phenoxy) is 2. The molecule has 0 bridgehead atoms. The predicted octanol–water partition coefficient (Wildman–Crippen LogP) is 4.57. The maximum atomic E-state index is 11.6. The molecule has 0 aliphatic rings. The zero-order valence-corrected chi connectivity index (χ0v) is 12.4. The van der Waals surface area contributed by atoms with Gasteiger partial charge < -0.3 is 9.47 Å². The van der Waals surface area contributed by atoms with Gasteiger partial charge in [0.1, 0.15) is 0 Å². The highest BCUT2D eigenvalue weighted by molar-refractivity contribution is 5.91. The third-order valence-electron chi connectivity index (χ3n) is 2.34. The van der Waals surface area contributed by atoms with Crippen LogP contribution in [0.25, 0.3) is 0 Å². The average Bonchev–Trinajstić information content (AvgIpc) is 2.40. The van der Waals surface area contributed by atoms with Crippen molar-refractivity contribution in [1.29, 1.82) is 0 Å². The van der Waals surface area contributed by atoms with Gasteiger partial charge in [-0.3, -0.25) is 0 Å². The normalized spacial score (nSPS) is 9.55. The van der Waals surface area contributed by atoms with E-state index >= 15 is 0 Å². The van der Waals surface area contributed by atoms with Gasteiger partial charge in [0.25, 0.3) is 0 Å².